The van der Waals surface area contributed by atoms with Crippen LogP contribution in [0.15, 0.2) is 40.3 Å². The molecule has 0 aliphatic heterocycles. The Labute approximate surface area is 121 Å². The molecular weight excluding hydrogens is 301 g/mol. The number of nitro groups is 1. The van der Waals surface area contributed by atoms with E-state index in [0.29, 0.717) is 9.92 Å². The maximum atomic E-state index is 13.3. The first-order valence-corrected chi connectivity index (χ1v) is 6.31. The third kappa shape index (κ3) is 3.26. The lowest BCUT2D eigenvalue weighted by atomic mass is 10.2. The zero-order valence-electron chi connectivity index (χ0n) is 10.3. The molecule has 108 valence electrons. The predicted octanol–water partition coefficient (Wildman–Crippen LogP) is 2.56. The highest BCUT2D eigenvalue weighted by Crippen LogP contribution is 2.30. The number of hydrogen-bond donors (Lipinski definition) is 2. The van der Waals surface area contributed by atoms with Gasteiger partial charge in [-0.25, -0.2) is 14.2 Å². The van der Waals surface area contributed by atoms with Gasteiger partial charge < -0.3 is 10.8 Å². The van der Waals surface area contributed by atoms with Crippen LogP contribution in [-0.2, 0) is 0 Å². The van der Waals surface area contributed by atoms with Crippen LogP contribution in [0.4, 0.5) is 15.9 Å². The van der Waals surface area contributed by atoms with E-state index in [1.165, 1.54) is 18.2 Å². The minimum Gasteiger partial charge on any atom is -0.478 e. The van der Waals surface area contributed by atoms with Gasteiger partial charge in [-0.05, 0) is 24.3 Å². The number of nitrogens with two attached hydrogens (primary N) is 1. The number of carboxylic acid groups (broad SMARTS) is 1. The summed E-state index contributed by atoms with van der Waals surface area (Å²) in [7, 11) is 0. The Morgan fingerprint density at radius 2 is 2.10 bits per heavy atom. The number of hydrogen-bond acceptors (Lipinski definition) is 6. The number of nitrogens with zero attached hydrogens (tertiary/aromatic N) is 2. The third-order valence-electron chi connectivity index (χ3n) is 2.46. The van der Waals surface area contributed by atoms with Crippen LogP contribution in [0.5, 0.6) is 0 Å². The first-order valence-electron chi connectivity index (χ1n) is 5.50. The van der Waals surface area contributed by atoms with Crippen LogP contribution in [-0.4, -0.2) is 21.0 Å². The summed E-state index contributed by atoms with van der Waals surface area (Å²) in [5, 5.41) is 19.8. The summed E-state index contributed by atoms with van der Waals surface area (Å²) >= 11 is 1.02. The van der Waals surface area contributed by atoms with E-state index >= 15 is 0 Å². The topological polar surface area (TPSA) is 119 Å². The van der Waals surface area contributed by atoms with E-state index < -0.39 is 22.3 Å². The van der Waals surface area contributed by atoms with Gasteiger partial charge in [-0.1, -0.05) is 11.8 Å². The average molecular weight is 309 g/mol. The molecule has 1 aromatic carbocycles. The number of anilines is 1. The molecule has 0 saturated heterocycles. The van der Waals surface area contributed by atoms with Crippen molar-refractivity contribution in [3.05, 3.63) is 51.8 Å². The fraction of sp³-hybridized carbons (Fsp3) is 0. The molecule has 0 bridgehead atoms. The van der Waals surface area contributed by atoms with E-state index in [1.807, 2.05) is 0 Å². The van der Waals surface area contributed by atoms with Crippen LogP contribution >= 0.6 is 11.8 Å². The Kier molecular flexibility index (Phi) is 4.03. The van der Waals surface area contributed by atoms with E-state index in [1.54, 1.807) is 0 Å². The second kappa shape index (κ2) is 5.75. The van der Waals surface area contributed by atoms with Crippen LogP contribution in [0.2, 0.25) is 0 Å². The summed E-state index contributed by atoms with van der Waals surface area (Å²) in [4.78, 5) is 25.1. The number of nitrogen functional groups attached to an aromatic ring is 1. The molecule has 0 saturated carbocycles. The van der Waals surface area contributed by atoms with Crippen molar-refractivity contribution in [3.63, 3.8) is 0 Å². The van der Waals surface area contributed by atoms with Gasteiger partial charge in [0.25, 0.3) is 0 Å². The highest BCUT2D eigenvalue weighted by Gasteiger charge is 2.15. The van der Waals surface area contributed by atoms with Crippen molar-refractivity contribution >= 4 is 29.2 Å². The number of benzene rings is 1. The number of aromatic nitrogens is 1. The molecule has 0 aliphatic carbocycles. The van der Waals surface area contributed by atoms with Crippen LogP contribution in [0.1, 0.15) is 10.4 Å². The van der Waals surface area contributed by atoms with Crippen LogP contribution in [0.25, 0.3) is 0 Å². The van der Waals surface area contributed by atoms with E-state index in [2.05, 4.69) is 4.98 Å². The Morgan fingerprint density at radius 3 is 2.67 bits per heavy atom. The molecule has 21 heavy (non-hydrogen) atoms. The van der Waals surface area contributed by atoms with Gasteiger partial charge in [-0.2, -0.15) is 0 Å². The summed E-state index contributed by atoms with van der Waals surface area (Å²) in [6.45, 7) is 0. The van der Waals surface area contributed by atoms with Gasteiger partial charge in [0.05, 0.1) is 10.5 Å². The largest absolute Gasteiger partial charge is 0.478 e. The van der Waals surface area contributed by atoms with E-state index in [0.717, 1.165) is 23.9 Å². The molecule has 0 unspecified atom stereocenters. The van der Waals surface area contributed by atoms with Crippen molar-refractivity contribution in [1.82, 2.24) is 4.98 Å². The quantitative estimate of drug-likeness (QED) is 0.657. The Bertz CT molecular complexity index is 738. The van der Waals surface area contributed by atoms with Gasteiger partial charge in [-0.15, -0.1) is 0 Å². The number of aromatic carboxylic acids is 1. The molecule has 0 aliphatic rings. The summed E-state index contributed by atoms with van der Waals surface area (Å²) in [5.41, 5.74) is 4.68. The normalized spacial score (nSPS) is 10.3. The van der Waals surface area contributed by atoms with Gasteiger partial charge in [0, 0.05) is 11.0 Å². The molecular formula is C12H8FN3O4S. The smallest absolute Gasteiger partial charge is 0.338 e. The molecule has 0 radical (unpaired) electrons. The number of rotatable bonds is 4. The summed E-state index contributed by atoms with van der Waals surface area (Å²) in [6, 6.07) is 6.14. The molecule has 7 nitrogen and oxygen atoms in total. The van der Waals surface area contributed by atoms with Crippen molar-refractivity contribution in [2.24, 2.45) is 0 Å². The first-order chi connectivity index (χ1) is 9.88. The van der Waals surface area contributed by atoms with Gasteiger partial charge in [0.15, 0.2) is 0 Å². The Balaban J connectivity index is 2.30. The standard InChI is InChI=1S/C12H8FN3O4S/c13-8-2-1-6(5-7(8)12(17)18)21-10-4-3-9(16(19)20)11(14)15-10/h1-5H,(H2,14,15)(H,17,18). The van der Waals surface area contributed by atoms with Crippen molar-refractivity contribution in [1.29, 1.82) is 0 Å². The molecule has 0 spiro atoms. The number of halogens is 1. The SMILES string of the molecule is Nc1nc(Sc2ccc(F)c(C(=O)O)c2)ccc1[N+](=O)[O-]. The molecule has 9 heteroatoms. The second-order valence-corrected chi connectivity index (χ2v) is 4.95. The fourth-order valence-corrected chi connectivity index (χ4v) is 2.35. The molecule has 2 aromatic rings. The highest BCUT2D eigenvalue weighted by atomic mass is 32.2. The lowest BCUT2D eigenvalue weighted by Crippen LogP contribution is -2.01. The molecule has 3 N–H and O–H groups in total. The van der Waals surface area contributed by atoms with Gasteiger partial charge in [-0.3, -0.25) is 10.1 Å². The van der Waals surface area contributed by atoms with Crippen molar-refractivity contribution in [3.8, 4) is 0 Å². The lowest BCUT2D eigenvalue weighted by molar-refractivity contribution is -0.384. The van der Waals surface area contributed by atoms with Crippen molar-refractivity contribution < 1.29 is 19.2 Å². The molecule has 2 rings (SSSR count). The van der Waals surface area contributed by atoms with Gasteiger partial charge >= 0.3 is 11.7 Å². The summed E-state index contributed by atoms with van der Waals surface area (Å²) in [5.74, 6) is -2.47. The number of carbonyl (C=O) groups is 1. The Morgan fingerprint density at radius 1 is 1.38 bits per heavy atom. The van der Waals surface area contributed by atoms with E-state index in [4.69, 9.17) is 10.8 Å². The van der Waals surface area contributed by atoms with Crippen molar-refractivity contribution in [2.75, 3.05) is 5.73 Å². The van der Waals surface area contributed by atoms with Gasteiger partial charge in [0.1, 0.15) is 10.8 Å². The van der Waals surface area contributed by atoms with Crippen molar-refractivity contribution in [2.45, 2.75) is 9.92 Å². The second-order valence-electron chi connectivity index (χ2n) is 3.86. The van der Waals surface area contributed by atoms with E-state index in [9.17, 15) is 19.3 Å². The number of carboxylic acids is 1. The number of pyridine rings is 1. The minimum atomic E-state index is -1.38. The maximum Gasteiger partial charge on any atom is 0.338 e. The molecule has 0 fully saturated rings. The fourth-order valence-electron chi connectivity index (χ4n) is 1.51. The molecule has 1 heterocycles. The lowest BCUT2D eigenvalue weighted by Gasteiger charge is -2.04. The van der Waals surface area contributed by atoms with Crippen LogP contribution in [0, 0.1) is 15.9 Å². The Hall–Kier alpha value is -2.68. The highest BCUT2D eigenvalue weighted by molar-refractivity contribution is 7.99. The average Bonchev–Trinajstić information content (AvgIpc) is 2.40. The maximum absolute atomic E-state index is 13.3. The van der Waals surface area contributed by atoms with Gasteiger partial charge in [0.2, 0.25) is 5.82 Å². The minimum absolute atomic E-state index is 0.245. The zero-order valence-corrected chi connectivity index (χ0v) is 11.1. The monoisotopic (exact) mass is 309 g/mol. The molecule has 0 atom stereocenters. The predicted molar refractivity (Wildman–Crippen MR) is 72.8 cm³/mol. The van der Waals surface area contributed by atoms with Crippen LogP contribution < -0.4 is 5.73 Å². The zero-order chi connectivity index (χ0) is 15.6. The van der Waals surface area contributed by atoms with Crippen LogP contribution in [0.3, 0.4) is 0 Å². The molecule has 0 amide bonds. The molecule has 1 aromatic heterocycles. The summed E-state index contributed by atoms with van der Waals surface area (Å²) < 4.78 is 13.3. The first kappa shape index (κ1) is 14.7. The van der Waals surface area contributed by atoms with E-state index in [-0.39, 0.29) is 11.5 Å². The summed E-state index contributed by atoms with van der Waals surface area (Å²) in [6.07, 6.45) is 0. The third-order valence-corrected chi connectivity index (χ3v) is 3.39.